The minimum Gasteiger partial charge on any atom is -0.504 e. The lowest BCUT2D eigenvalue weighted by Gasteiger charge is -2.37. The van der Waals surface area contributed by atoms with E-state index < -0.39 is 89.2 Å². The fraction of sp³-hybridized carbons (Fsp3) is 0.600. The third-order valence-corrected chi connectivity index (χ3v) is 9.75. The molecule has 3 rings (SSSR count). The van der Waals surface area contributed by atoms with E-state index in [1.54, 1.807) is 0 Å². The van der Waals surface area contributed by atoms with E-state index in [0.29, 0.717) is 36.9 Å². The van der Waals surface area contributed by atoms with Crippen molar-refractivity contribution in [1.29, 1.82) is 0 Å². The average Bonchev–Trinajstić information content (AvgIpc) is 3.64. The number of hydrogen-bond donors (Lipinski definition) is 11. The molecular weight excluding hydrogens is 734 g/mol. The average molecular weight is 790 g/mol. The van der Waals surface area contributed by atoms with Gasteiger partial charge in [-0.2, -0.15) is 0 Å². The highest BCUT2D eigenvalue weighted by Crippen LogP contribution is 2.34. The van der Waals surface area contributed by atoms with Crippen LogP contribution in [0.25, 0.3) is 0 Å². The third kappa shape index (κ3) is 12.4. The van der Waals surface area contributed by atoms with E-state index in [1.165, 1.54) is 24.0 Å². The lowest BCUT2D eigenvalue weighted by Crippen LogP contribution is -2.59. The van der Waals surface area contributed by atoms with Crippen molar-refractivity contribution >= 4 is 47.4 Å². The van der Waals surface area contributed by atoms with E-state index in [1.807, 2.05) is 0 Å². The van der Waals surface area contributed by atoms with Crippen LogP contribution < -0.4 is 44.6 Å². The van der Waals surface area contributed by atoms with Gasteiger partial charge in [-0.25, -0.2) is 4.79 Å². The summed E-state index contributed by atoms with van der Waals surface area (Å²) in [7, 11) is 0. The van der Waals surface area contributed by atoms with Crippen LogP contribution in [0.4, 0.5) is 0 Å². The minimum atomic E-state index is -1.33. The summed E-state index contributed by atoms with van der Waals surface area (Å²) in [5.41, 5.74) is 28.4. The Balaban J connectivity index is 1.74. The fourth-order valence-electron chi connectivity index (χ4n) is 6.66. The van der Waals surface area contributed by atoms with Gasteiger partial charge in [-0.15, -0.1) is 0 Å². The number of nitrogens with one attached hydrogen (secondary N) is 3. The number of carbonyl (C=O) groups excluding carboxylic acids is 6. The molecule has 6 atom stereocenters. The number of nitrogens with zero attached hydrogens (tertiary/aromatic N) is 3. The molecule has 0 bridgehead atoms. The number of hydrogen-bond acceptors (Lipinski definition) is 12. The van der Waals surface area contributed by atoms with Crippen LogP contribution in [0.1, 0.15) is 75.8 Å². The summed E-state index contributed by atoms with van der Waals surface area (Å²) in [6.07, 6.45) is 1.72. The number of unbranched alkanes of at least 4 members (excludes halogenated alkanes) is 1. The number of carboxylic acid groups (broad SMARTS) is 1. The topological polar surface area (TPSA) is 365 Å². The van der Waals surface area contributed by atoms with Gasteiger partial charge in [0, 0.05) is 32.5 Å². The Morgan fingerprint density at radius 3 is 2.05 bits per heavy atom. The summed E-state index contributed by atoms with van der Waals surface area (Å²) in [6, 6.07) is -4.52. The molecule has 0 unspecified atom stereocenters. The van der Waals surface area contributed by atoms with Gasteiger partial charge >= 0.3 is 5.97 Å². The Morgan fingerprint density at radius 1 is 0.839 bits per heavy atom. The second-order valence-corrected chi connectivity index (χ2v) is 14.0. The van der Waals surface area contributed by atoms with Crippen molar-refractivity contribution in [2.24, 2.45) is 33.7 Å². The number of guanidine groups is 1. The van der Waals surface area contributed by atoms with Gasteiger partial charge in [0.2, 0.25) is 35.4 Å². The molecular formula is C35H55N11O10. The molecule has 0 saturated carbocycles. The van der Waals surface area contributed by atoms with Crippen molar-refractivity contribution < 1.29 is 48.9 Å². The van der Waals surface area contributed by atoms with Gasteiger partial charge in [0.05, 0.1) is 6.04 Å². The molecule has 1 aromatic carbocycles. The molecule has 310 valence electrons. The van der Waals surface area contributed by atoms with Crippen LogP contribution in [0.2, 0.25) is 0 Å². The largest absolute Gasteiger partial charge is 0.504 e. The Kier molecular flexibility index (Phi) is 16.6. The van der Waals surface area contributed by atoms with Gasteiger partial charge in [-0.05, 0) is 88.1 Å². The zero-order chi connectivity index (χ0) is 41.7. The van der Waals surface area contributed by atoms with Gasteiger partial charge in [0.1, 0.15) is 30.2 Å². The first-order valence-electron chi connectivity index (χ1n) is 18.5. The number of aliphatic imine (C=N–C) groups is 1. The maximum atomic E-state index is 13.9. The third-order valence-electron chi connectivity index (χ3n) is 9.75. The number of aromatic hydroxyl groups is 2. The van der Waals surface area contributed by atoms with Gasteiger partial charge in [0.15, 0.2) is 17.5 Å². The quantitative estimate of drug-likeness (QED) is 0.0267. The number of fused-ring (bicyclic) bond motifs is 1. The number of phenolic OH excluding ortho intramolecular Hbond substituents is 2. The van der Waals surface area contributed by atoms with Gasteiger partial charge in [-0.3, -0.25) is 33.8 Å². The monoisotopic (exact) mass is 789 g/mol. The molecule has 0 aromatic heterocycles. The maximum Gasteiger partial charge on any atom is 0.326 e. The molecule has 0 radical (unpaired) electrons. The number of carboxylic acids is 1. The fourth-order valence-corrected chi connectivity index (χ4v) is 6.66. The zero-order valence-corrected chi connectivity index (χ0v) is 31.4. The number of aliphatic carboxylic acids is 1. The van der Waals surface area contributed by atoms with Crippen LogP contribution >= 0.6 is 0 Å². The summed E-state index contributed by atoms with van der Waals surface area (Å²) in [6.45, 7) is 1.80. The Hall–Kier alpha value is -5.70. The van der Waals surface area contributed by atoms with E-state index in [4.69, 9.17) is 28.7 Å². The molecule has 6 amide bonds. The van der Waals surface area contributed by atoms with E-state index >= 15 is 0 Å². The number of primary amides is 1. The highest BCUT2D eigenvalue weighted by atomic mass is 16.4. The van der Waals surface area contributed by atoms with E-state index in [0.717, 1.165) is 4.90 Å². The van der Waals surface area contributed by atoms with Crippen molar-refractivity contribution in [2.75, 3.05) is 19.6 Å². The van der Waals surface area contributed by atoms with Crippen LogP contribution in [0.3, 0.4) is 0 Å². The first kappa shape index (κ1) is 44.7. The summed E-state index contributed by atoms with van der Waals surface area (Å²) in [5.74, 6) is -6.36. The normalized spacial score (nSPS) is 18.4. The van der Waals surface area contributed by atoms with Crippen molar-refractivity contribution in [3.05, 3.63) is 23.3 Å². The molecule has 1 saturated heterocycles. The number of amides is 6. The summed E-state index contributed by atoms with van der Waals surface area (Å²) in [5, 5.41) is 37.9. The molecule has 16 N–H and O–H groups in total. The minimum absolute atomic E-state index is 0.0493. The molecule has 1 aromatic rings. The number of carbonyl (C=O) groups is 7. The molecule has 2 heterocycles. The van der Waals surface area contributed by atoms with Crippen LogP contribution in [0, 0.1) is 0 Å². The first-order valence-corrected chi connectivity index (χ1v) is 18.5. The Morgan fingerprint density at radius 2 is 1.45 bits per heavy atom. The van der Waals surface area contributed by atoms with Crippen molar-refractivity contribution in [3.8, 4) is 11.5 Å². The smallest absolute Gasteiger partial charge is 0.326 e. The number of rotatable bonds is 20. The maximum absolute atomic E-state index is 13.9. The van der Waals surface area contributed by atoms with E-state index in [-0.39, 0.29) is 70.5 Å². The molecule has 0 aliphatic carbocycles. The molecule has 1 fully saturated rings. The molecule has 21 heteroatoms. The van der Waals surface area contributed by atoms with Gasteiger partial charge in [-0.1, -0.05) is 0 Å². The number of benzene rings is 1. The number of nitrogens with two attached hydrogens (primary N) is 5. The van der Waals surface area contributed by atoms with E-state index in [9.17, 15) is 48.9 Å². The molecule has 2 aliphatic heterocycles. The highest BCUT2D eigenvalue weighted by Gasteiger charge is 2.41. The number of phenols is 2. The Labute approximate surface area is 323 Å². The molecule has 0 spiro atoms. The lowest BCUT2D eigenvalue weighted by atomic mass is 9.92. The van der Waals surface area contributed by atoms with Crippen LogP contribution in [-0.2, 0) is 46.5 Å². The second-order valence-electron chi connectivity index (χ2n) is 14.0. The predicted molar refractivity (Wildman–Crippen MR) is 201 cm³/mol. The summed E-state index contributed by atoms with van der Waals surface area (Å²) >= 11 is 0. The van der Waals surface area contributed by atoms with Crippen LogP contribution in [0.5, 0.6) is 11.5 Å². The SMILES string of the molecule is C[C@H](NC(=O)[C@@H]1CCCN1C(=O)[C@H](CCCN=C(N)N)NC(=O)[C@@H](N)CCC(N)=O)C(=O)N[C@@H](CCCCN)C(=O)N1Cc2cc(O)c(O)cc2C[C@@H]1C(=O)O. The van der Waals surface area contributed by atoms with Gasteiger partial charge in [0.25, 0.3) is 0 Å². The highest BCUT2D eigenvalue weighted by molar-refractivity contribution is 5.96. The van der Waals surface area contributed by atoms with Crippen molar-refractivity contribution in [1.82, 2.24) is 25.8 Å². The van der Waals surface area contributed by atoms with Crippen LogP contribution in [0.15, 0.2) is 17.1 Å². The summed E-state index contributed by atoms with van der Waals surface area (Å²) < 4.78 is 0. The zero-order valence-electron chi connectivity index (χ0n) is 31.4. The molecule has 21 nitrogen and oxygen atoms in total. The predicted octanol–water partition coefficient (Wildman–Crippen LogP) is -3.32. The number of likely N-dealkylation sites (tertiary alicyclic amines) is 1. The standard InChI is InChI=1S/C35H55N11O10/c1-18(29(50)43-22(6-2-3-11-36)33(54)46-17-20-16-27(48)26(47)15-19(20)14-25(46)34(55)56)42-31(52)24-8-5-13-45(24)32(53)23(7-4-12-41-35(39)40)44-30(51)21(37)9-10-28(38)49/h15-16,18,21-25,47-48H,2-14,17,36-37H2,1H3,(H2,38,49)(H,42,52)(H,43,50)(H,44,51)(H,55,56)(H4,39,40,41)/t18-,21-,22-,23-,24-,25+/m0/s1. The van der Waals surface area contributed by atoms with Crippen molar-refractivity contribution in [3.63, 3.8) is 0 Å². The second kappa shape index (κ2) is 20.8. The lowest BCUT2D eigenvalue weighted by molar-refractivity contribution is -0.153. The molecule has 2 aliphatic rings. The van der Waals surface area contributed by atoms with Gasteiger partial charge < -0.3 is 69.7 Å². The molecule has 56 heavy (non-hydrogen) atoms. The van der Waals surface area contributed by atoms with Crippen molar-refractivity contribution in [2.45, 2.75) is 114 Å². The van der Waals surface area contributed by atoms with E-state index in [2.05, 4.69) is 20.9 Å². The first-order chi connectivity index (χ1) is 26.4. The summed E-state index contributed by atoms with van der Waals surface area (Å²) in [4.78, 5) is 97.6. The van der Waals surface area contributed by atoms with Crippen LogP contribution in [-0.4, -0.2) is 128 Å². The Bertz CT molecular complexity index is 1650.